The number of benzene rings is 1. The topological polar surface area (TPSA) is 55.1 Å². The SMILES string of the molecule is CCC(CC)(CN)C(=O)NC(C)c1cccc(Br)c1.Cl. The van der Waals surface area contributed by atoms with E-state index in [0.29, 0.717) is 6.54 Å². The summed E-state index contributed by atoms with van der Waals surface area (Å²) in [6.45, 7) is 6.41. The number of nitrogens with two attached hydrogens (primary N) is 1. The Balaban J connectivity index is 0.00000361. The number of hydrogen-bond acceptors (Lipinski definition) is 2. The van der Waals surface area contributed by atoms with Crippen LogP contribution >= 0.6 is 28.3 Å². The summed E-state index contributed by atoms with van der Waals surface area (Å²) in [4.78, 5) is 12.4. The van der Waals surface area contributed by atoms with Crippen LogP contribution in [-0.2, 0) is 4.79 Å². The minimum Gasteiger partial charge on any atom is -0.349 e. The summed E-state index contributed by atoms with van der Waals surface area (Å²) in [7, 11) is 0. The average molecular weight is 364 g/mol. The minimum atomic E-state index is -0.444. The normalized spacial score (nSPS) is 12.4. The van der Waals surface area contributed by atoms with Crippen molar-refractivity contribution in [3.05, 3.63) is 34.3 Å². The second-order valence-corrected chi connectivity index (χ2v) is 5.86. The van der Waals surface area contributed by atoms with Crippen molar-refractivity contribution in [3.63, 3.8) is 0 Å². The van der Waals surface area contributed by atoms with Gasteiger partial charge in [-0.3, -0.25) is 4.79 Å². The fraction of sp³-hybridized carbons (Fsp3) is 0.533. The summed E-state index contributed by atoms with van der Waals surface area (Å²) in [5.41, 5.74) is 6.44. The zero-order chi connectivity index (χ0) is 14.5. The standard InChI is InChI=1S/C15H23BrN2O.ClH/c1-4-15(5-2,10-17)14(19)18-11(3)12-7-6-8-13(16)9-12;/h6-9,11H,4-5,10,17H2,1-3H3,(H,18,19);1H. The first-order chi connectivity index (χ1) is 8.99. The van der Waals surface area contributed by atoms with Crippen molar-refractivity contribution in [2.45, 2.75) is 39.7 Å². The van der Waals surface area contributed by atoms with Crippen molar-refractivity contribution in [2.75, 3.05) is 6.54 Å². The number of carbonyl (C=O) groups is 1. The van der Waals surface area contributed by atoms with E-state index in [4.69, 9.17) is 5.73 Å². The van der Waals surface area contributed by atoms with Gasteiger partial charge < -0.3 is 11.1 Å². The molecular formula is C15H24BrClN2O. The molecular weight excluding hydrogens is 340 g/mol. The van der Waals surface area contributed by atoms with E-state index in [9.17, 15) is 4.79 Å². The summed E-state index contributed by atoms with van der Waals surface area (Å²) in [5, 5.41) is 3.08. The number of halogens is 2. The predicted octanol–water partition coefficient (Wildman–Crippen LogP) is 3.81. The zero-order valence-corrected chi connectivity index (χ0v) is 14.7. The van der Waals surface area contributed by atoms with Crippen LogP contribution in [0.2, 0.25) is 0 Å². The average Bonchev–Trinajstić information content (AvgIpc) is 2.41. The lowest BCUT2D eigenvalue weighted by Gasteiger charge is -2.30. The molecule has 5 heteroatoms. The van der Waals surface area contributed by atoms with Gasteiger partial charge in [-0.2, -0.15) is 0 Å². The van der Waals surface area contributed by atoms with Crippen LogP contribution in [0.1, 0.15) is 45.2 Å². The van der Waals surface area contributed by atoms with Crippen LogP contribution in [0.15, 0.2) is 28.7 Å². The van der Waals surface area contributed by atoms with E-state index in [1.54, 1.807) is 0 Å². The highest BCUT2D eigenvalue weighted by Crippen LogP contribution is 2.27. The molecule has 3 N–H and O–H groups in total. The molecule has 0 heterocycles. The quantitative estimate of drug-likeness (QED) is 0.807. The van der Waals surface area contributed by atoms with Gasteiger partial charge in [0, 0.05) is 11.0 Å². The molecule has 0 spiro atoms. The molecule has 3 nitrogen and oxygen atoms in total. The van der Waals surface area contributed by atoms with Crippen LogP contribution in [0.5, 0.6) is 0 Å². The van der Waals surface area contributed by atoms with Gasteiger partial charge in [0.25, 0.3) is 0 Å². The Morgan fingerprint density at radius 2 is 2.00 bits per heavy atom. The van der Waals surface area contributed by atoms with Crippen LogP contribution in [-0.4, -0.2) is 12.5 Å². The highest BCUT2D eigenvalue weighted by Gasteiger charge is 2.33. The summed E-state index contributed by atoms with van der Waals surface area (Å²) in [6, 6.07) is 7.96. The molecule has 1 amide bonds. The Morgan fingerprint density at radius 3 is 2.45 bits per heavy atom. The number of hydrogen-bond donors (Lipinski definition) is 2. The van der Waals surface area contributed by atoms with Gasteiger partial charge in [-0.25, -0.2) is 0 Å². The lowest BCUT2D eigenvalue weighted by atomic mass is 9.81. The van der Waals surface area contributed by atoms with Gasteiger partial charge in [-0.1, -0.05) is 41.9 Å². The number of amides is 1. The van der Waals surface area contributed by atoms with E-state index in [1.165, 1.54) is 0 Å². The summed E-state index contributed by atoms with van der Waals surface area (Å²) < 4.78 is 1.02. The molecule has 0 aliphatic rings. The second-order valence-electron chi connectivity index (χ2n) is 4.94. The van der Waals surface area contributed by atoms with E-state index in [-0.39, 0.29) is 24.4 Å². The van der Waals surface area contributed by atoms with Crippen molar-refractivity contribution < 1.29 is 4.79 Å². The monoisotopic (exact) mass is 362 g/mol. The fourth-order valence-electron chi connectivity index (χ4n) is 2.16. The third kappa shape index (κ3) is 4.47. The van der Waals surface area contributed by atoms with Gasteiger partial charge in [-0.15, -0.1) is 12.4 Å². The predicted molar refractivity (Wildman–Crippen MR) is 90.0 cm³/mol. The molecule has 1 atom stereocenters. The van der Waals surface area contributed by atoms with Gasteiger partial charge in [0.1, 0.15) is 0 Å². The van der Waals surface area contributed by atoms with Crippen molar-refractivity contribution in [3.8, 4) is 0 Å². The molecule has 0 aliphatic carbocycles. The van der Waals surface area contributed by atoms with E-state index >= 15 is 0 Å². The van der Waals surface area contributed by atoms with Crippen LogP contribution in [0.25, 0.3) is 0 Å². The Bertz CT molecular complexity index is 427. The van der Waals surface area contributed by atoms with Crippen LogP contribution in [0, 0.1) is 5.41 Å². The van der Waals surface area contributed by atoms with Crippen molar-refractivity contribution in [1.82, 2.24) is 5.32 Å². The maximum absolute atomic E-state index is 12.4. The third-order valence-electron chi connectivity index (χ3n) is 3.92. The molecule has 0 saturated carbocycles. The highest BCUT2D eigenvalue weighted by atomic mass is 79.9. The van der Waals surface area contributed by atoms with E-state index in [2.05, 4.69) is 21.2 Å². The van der Waals surface area contributed by atoms with E-state index in [1.807, 2.05) is 45.0 Å². The van der Waals surface area contributed by atoms with Gasteiger partial charge in [-0.05, 0) is 37.5 Å². The molecule has 0 bridgehead atoms. The molecule has 0 radical (unpaired) electrons. The lowest BCUT2D eigenvalue weighted by molar-refractivity contribution is -0.131. The van der Waals surface area contributed by atoms with Crippen LogP contribution in [0.3, 0.4) is 0 Å². The van der Waals surface area contributed by atoms with Gasteiger partial charge in [0.15, 0.2) is 0 Å². The smallest absolute Gasteiger partial charge is 0.227 e. The second kappa shape index (κ2) is 8.65. The van der Waals surface area contributed by atoms with E-state index < -0.39 is 5.41 Å². The van der Waals surface area contributed by atoms with Crippen LogP contribution < -0.4 is 11.1 Å². The molecule has 1 unspecified atom stereocenters. The number of rotatable bonds is 6. The minimum absolute atomic E-state index is 0. The summed E-state index contributed by atoms with van der Waals surface area (Å²) >= 11 is 3.44. The largest absolute Gasteiger partial charge is 0.349 e. The first-order valence-electron chi connectivity index (χ1n) is 6.75. The molecule has 0 aromatic heterocycles. The Morgan fingerprint density at radius 1 is 1.40 bits per heavy atom. The summed E-state index contributed by atoms with van der Waals surface area (Å²) in [6.07, 6.45) is 1.52. The van der Waals surface area contributed by atoms with Crippen LogP contribution in [0.4, 0.5) is 0 Å². The Kier molecular flexibility index (Phi) is 8.40. The van der Waals surface area contributed by atoms with Crippen molar-refractivity contribution in [1.29, 1.82) is 0 Å². The molecule has 114 valence electrons. The lowest BCUT2D eigenvalue weighted by Crippen LogP contribution is -2.46. The number of nitrogens with one attached hydrogen (secondary N) is 1. The molecule has 1 rings (SSSR count). The molecule has 1 aromatic rings. The molecule has 1 aromatic carbocycles. The molecule has 0 fully saturated rings. The number of carbonyl (C=O) groups excluding carboxylic acids is 1. The zero-order valence-electron chi connectivity index (χ0n) is 12.3. The molecule has 20 heavy (non-hydrogen) atoms. The van der Waals surface area contributed by atoms with Crippen molar-refractivity contribution in [2.24, 2.45) is 11.1 Å². The molecule has 0 aliphatic heterocycles. The Hall–Kier alpha value is -0.580. The molecule has 0 saturated heterocycles. The van der Waals surface area contributed by atoms with Gasteiger partial charge in [0.05, 0.1) is 11.5 Å². The fourth-order valence-corrected chi connectivity index (χ4v) is 2.58. The van der Waals surface area contributed by atoms with E-state index in [0.717, 1.165) is 22.9 Å². The van der Waals surface area contributed by atoms with Gasteiger partial charge >= 0.3 is 0 Å². The first kappa shape index (κ1) is 19.4. The summed E-state index contributed by atoms with van der Waals surface area (Å²) in [5.74, 6) is 0.0486. The maximum Gasteiger partial charge on any atom is 0.227 e. The Labute approximate surface area is 136 Å². The highest BCUT2D eigenvalue weighted by molar-refractivity contribution is 9.10. The van der Waals surface area contributed by atoms with Crippen molar-refractivity contribution >= 4 is 34.2 Å². The maximum atomic E-state index is 12.4. The first-order valence-corrected chi connectivity index (χ1v) is 7.55. The van der Waals surface area contributed by atoms with Gasteiger partial charge in [0.2, 0.25) is 5.91 Å². The third-order valence-corrected chi connectivity index (χ3v) is 4.42.